The van der Waals surface area contributed by atoms with Crippen LogP contribution in [0.25, 0.3) is 0 Å². The monoisotopic (exact) mass is 295 g/mol. The molecular formula is C14H17NO4S. The first-order chi connectivity index (χ1) is 9.36. The van der Waals surface area contributed by atoms with E-state index in [0.717, 1.165) is 6.26 Å². The van der Waals surface area contributed by atoms with Crippen LogP contribution in [-0.2, 0) is 14.8 Å². The van der Waals surface area contributed by atoms with Gasteiger partial charge in [0.2, 0.25) is 10.0 Å². The summed E-state index contributed by atoms with van der Waals surface area (Å²) in [6, 6.07) is 7.68. The zero-order chi connectivity index (χ0) is 14.9. The number of carboxylic acid groups (broad SMARTS) is 1. The number of sulfonamides is 1. The largest absolute Gasteiger partial charge is 0.478 e. The number of hydrogen-bond acceptors (Lipinski definition) is 3. The van der Waals surface area contributed by atoms with E-state index in [9.17, 15) is 18.3 Å². The van der Waals surface area contributed by atoms with Crippen LogP contribution in [0.4, 0.5) is 0 Å². The van der Waals surface area contributed by atoms with Crippen molar-refractivity contribution in [3.05, 3.63) is 47.5 Å². The van der Waals surface area contributed by atoms with Gasteiger partial charge < -0.3 is 5.11 Å². The number of hydrogen-bond donors (Lipinski definition) is 1. The third-order valence-electron chi connectivity index (χ3n) is 3.41. The van der Waals surface area contributed by atoms with Gasteiger partial charge in [0.15, 0.2) is 0 Å². The SMILES string of the molecule is CC[C@H]1C=C(C(=O)O)[C@@H](c2ccccc2)N1S(C)(=O)=O. The van der Waals surface area contributed by atoms with Crippen LogP contribution < -0.4 is 0 Å². The summed E-state index contributed by atoms with van der Waals surface area (Å²) in [6.45, 7) is 1.84. The highest BCUT2D eigenvalue weighted by atomic mass is 32.2. The molecule has 0 aliphatic carbocycles. The lowest BCUT2D eigenvalue weighted by Gasteiger charge is -2.28. The Morgan fingerprint density at radius 1 is 1.30 bits per heavy atom. The third-order valence-corrected chi connectivity index (χ3v) is 4.66. The molecule has 0 unspecified atom stereocenters. The highest BCUT2D eigenvalue weighted by Crippen LogP contribution is 2.39. The Hall–Kier alpha value is -1.66. The third kappa shape index (κ3) is 2.62. The van der Waals surface area contributed by atoms with Crippen LogP contribution in [0.3, 0.4) is 0 Å². The fourth-order valence-corrected chi connectivity index (χ4v) is 3.91. The summed E-state index contributed by atoms with van der Waals surface area (Å²) < 4.78 is 25.4. The van der Waals surface area contributed by atoms with Crippen molar-refractivity contribution in [2.45, 2.75) is 25.4 Å². The van der Waals surface area contributed by atoms with Crippen molar-refractivity contribution in [1.29, 1.82) is 0 Å². The van der Waals surface area contributed by atoms with Crippen LogP contribution in [0, 0.1) is 0 Å². The molecule has 0 spiro atoms. The van der Waals surface area contributed by atoms with Crippen LogP contribution >= 0.6 is 0 Å². The molecular weight excluding hydrogens is 278 g/mol. The highest BCUT2D eigenvalue weighted by Gasteiger charge is 2.42. The fraction of sp³-hybridized carbons (Fsp3) is 0.357. The first-order valence-corrected chi connectivity index (χ1v) is 8.19. The summed E-state index contributed by atoms with van der Waals surface area (Å²) in [4.78, 5) is 11.4. The van der Waals surface area contributed by atoms with E-state index in [1.807, 2.05) is 13.0 Å². The molecule has 0 aromatic heterocycles. The summed E-state index contributed by atoms with van der Waals surface area (Å²) in [7, 11) is -3.51. The maximum absolute atomic E-state index is 12.1. The average molecular weight is 295 g/mol. The maximum atomic E-state index is 12.1. The molecule has 6 heteroatoms. The van der Waals surface area contributed by atoms with E-state index in [1.165, 1.54) is 4.31 Å². The Morgan fingerprint density at radius 3 is 2.35 bits per heavy atom. The fourth-order valence-electron chi connectivity index (χ4n) is 2.59. The van der Waals surface area contributed by atoms with Gasteiger partial charge in [0.1, 0.15) is 0 Å². The Bertz CT molecular complexity index is 636. The predicted molar refractivity (Wildman–Crippen MR) is 75.7 cm³/mol. The van der Waals surface area contributed by atoms with E-state index >= 15 is 0 Å². The van der Waals surface area contributed by atoms with Gasteiger partial charge in [-0.05, 0) is 12.0 Å². The molecule has 108 valence electrons. The van der Waals surface area contributed by atoms with Gasteiger partial charge in [-0.1, -0.05) is 43.3 Å². The highest BCUT2D eigenvalue weighted by molar-refractivity contribution is 7.88. The summed E-state index contributed by atoms with van der Waals surface area (Å²) in [6.07, 6.45) is 3.19. The van der Waals surface area contributed by atoms with Crippen LogP contribution in [0.1, 0.15) is 24.9 Å². The second-order valence-corrected chi connectivity index (χ2v) is 6.70. The molecule has 0 amide bonds. The van der Waals surface area contributed by atoms with Crippen molar-refractivity contribution in [2.75, 3.05) is 6.26 Å². The second kappa shape index (κ2) is 5.38. The molecule has 0 fully saturated rings. The molecule has 1 heterocycles. The minimum absolute atomic E-state index is 0.119. The quantitative estimate of drug-likeness (QED) is 0.919. The lowest BCUT2D eigenvalue weighted by Crippen LogP contribution is -2.37. The van der Waals surface area contributed by atoms with Crippen molar-refractivity contribution in [2.24, 2.45) is 0 Å². The molecule has 1 aliphatic heterocycles. The molecule has 1 N–H and O–H groups in total. The predicted octanol–water partition coefficient (Wildman–Crippen LogP) is 1.79. The Balaban J connectivity index is 2.58. The molecule has 5 nitrogen and oxygen atoms in total. The molecule has 0 saturated heterocycles. The molecule has 1 aromatic rings. The van der Waals surface area contributed by atoms with E-state index in [1.54, 1.807) is 30.3 Å². The lowest BCUT2D eigenvalue weighted by molar-refractivity contribution is -0.133. The average Bonchev–Trinajstić information content (AvgIpc) is 2.79. The Kier molecular flexibility index (Phi) is 3.96. The van der Waals surface area contributed by atoms with Gasteiger partial charge in [-0.3, -0.25) is 0 Å². The van der Waals surface area contributed by atoms with Gasteiger partial charge in [0.25, 0.3) is 0 Å². The zero-order valence-corrected chi connectivity index (χ0v) is 12.2. The molecule has 1 aromatic carbocycles. The first-order valence-electron chi connectivity index (χ1n) is 6.34. The van der Waals surface area contributed by atoms with Crippen molar-refractivity contribution >= 4 is 16.0 Å². The van der Waals surface area contributed by atoms with E-state index in [-0.39, 0.29) is 5.57 Å². The van der Waals surface area contributed by atoms with Crippen LogP contribution in [-0.4, -0.2) is 36.1 Å². The minimum Gasteiger partial charge on any atom is -0.478 e. The number of carbonyl (C=O) groups is 1. The van der Waals surface area contributed by atoms with Crippen molar-refractivity contribution in [3.63, 3.8) is 0 Å². The smallest absolute Gasteiger partial charge is 0.333 e. The van der Waals surface area contributed by atoms with Crippen LogP contribution in [0.5, 0.6) is 0 Å². The number of carboxylic acids is 1. The van der Waals surface area contributed by atoms with Gasteiger partial charge in [0.05, 0.1) is 17.9 Å². The van der Waals surface area contributed by atoms with E-state index in [2.05, 4.69) is 0 Å². The van der Waals surface area contributed by atoms with Crippen LogP contribution in [0.15, 0.2) is 42.0 Å². The minimum atomic E-state index is -3.51. The number of aliphatic carboxylic acids is 1. The molecule has 2 atom stereocenters. The van der Waals surface area contributed by atoms with E-state index < -0.39 is 28.1 Å². The summed E-state index contributed by atoms with van der Waals surface area (Å²) in [5.74, 6) is -1.08. The normalized spacial score (nSPS) is 23.6. The van der Waals surface area contributed by atoms with Crippen molar-refractivity contribution in [1.82, 2.24) is 4.31 Å². The summed E-state index contributed by atoms with van der Waals surface area (Å²) in [5.41, 5.74) is 0.788. The summed E-state index contributed by atoms with van der Waals surface area (Å²) >= 11 is 0. The van der Waals surface area contributed by atoms with Gasteiger partial charge in [-0.15, -0.1) is 0 Å². The molecule has 2 rings (SSSR count). The van der Waals surface area contributed by atoms with E-state index in [0.29, 0.717) is 12.0 Å². The van der Waals surface area contributed by atoms with Gasteiger partial charge in [-0.25, -0.2) is 13.2 Å². The van der Waals surface area contributed by atoms with Crippen molar-refractivity contribution in [3.8, 4) is 0 Å². The lowest BCUT2D eigenvalue weighted by atomic mass is 10.0. The Labute approximate surface area is 118 Å². The van der Waals surface area contributed by atoms with Gasteiger partial charge >= 0.3 is 5.97 Å². The maximum Gasteiger partial charge on any atom is 0.333 e. The van der Waals surface area contributed by atoms with Gasteiger partial charge in [0, 0.05) is 6.04 Å². The number of rotatable bonds is 4. The number of benzene rings is 1. The molecule has 0 saturated carbocycles. The molecule has 0 bridgehead atoms. The molecule has 20 heavy (non-hydrogen) atoms. The molecule has 1 aliphatic rings. The summed E-state index contributed by atoms with van der Waals surface area (Å²) in [5, 5.41) is 9.35. The zero-order valence-electron chi connectivity index (χ0n) is 11.4. The second-order valence-electron chi connectivity index (χ2n) is 4.81. The van der Waals surface area contributed by atoms with E-state index in [4.69, 9.17) is 0 Å². The van der Waals surface area contributed by atoms with Crippen LogP contribution in [0.2, 0.25) is 0 Å². The Morgan fingerprint density at radius 2 is 1.90 bits per heavy atom. The molecule has 0 radical (unpaired) electrons. The number of nitrogens with zero attached hydrogens (tertiary/aromatic N) is 1. The van der Waals surface area contributed by atoms with Gasteiger partial charge in [-0.2, -0.15) is 4.31 Å². The first kappa shape index (κ1) is 14.7. The topological polar surface area (TPSA) is 74.7 Å². The van der Waals surface area contributed by atoms with Crippen molar-refractivity contribution < 1.29 is 18.3 Å². The standard InChI is InChI=1S/C14H17NO4S/c1-3-11-9-12(14(16)17)13(15(11)20(2,18)19)10-7-5-4-6-8-10/h4-9,11,13H,3H2,1-2H3,(H,16,17)/t11-,13+/m0/s1.